The van der Waals surface area contributed by atoms with Crippen LogP contribution < -0.4 is 11.1 Å². The van der Waals surface area contributed by atoms with E-state index in [2.05, 4.69) is 14.8 Å². The molecule has 0 aromatic carbocycles. The second-order valence-electron chi connectivity index (χ2n) is 4.93. The molecule has 21 heavy (non-hydrogen) atoms. The Morgan fingerprint density at radius 3 is 1.67 bits per heavy atom. The van der Waals surface area contributed by atoms with E-state index in [1.54, 1.807) is 13.8 Å². The van der Waals surface area contributed by atoms with Gasteiger partial charge in [0.2, 0.25) is 11.8 Å². The summed E-state index contributed by atoms with van der Waals surface area (Å²) in [6.07, 6.45) is 0. The molecule has 0 aliphatic carbocycles. The Morgan fingerprint density at radius 2 is 1.38 bits per heavy atom. The summed E-state index contributed by atoms with van der Waals surface area (Å²) in [7, 11) is 2.22. The molecule has 2 amide bonds. The molecule has 2 atom stereocenters. The maximum Gasteiger partial charge on any atom is 0.320 e. The smallest absolute Gasteiger partial charge is 0.320 e. The first-order chi connectivity index (χ1) is 9.67. The molecular weight excluding hydrogens is 280 g/mol. The van der Waals surface area contributed by atoms with Gasteiger partial charge in [-0.3, -0.25) is 19.2 Å². The number of methoxy groups -OCH3 is 2. The Hall–Kier alpha value is -2.12. The van der Waals surface area contributed by atoms with Gasteiger partial charge < -0.3 is 20.5 Å². The molecule has 8 heteroatoms. The van der Waals surface area contributed by atoms with Crippen molar-refractivity contribution in [3.63, 3.8) is 0 Å². The van der Waals surface area contributed by atoms with E-state index in [1.807, 2.05) is 0 Å². The second-order valence-corrected chi connectivity index (χ2v) is 4.93. The van der Waals surface area contributed by atoms with E-state index >= 15 is 0 Å². The van der Waals surface area contributed by atoms with Gasteiger partial charge in [0.1, 0.15) is 6.04 Å². The van der Waals surface area contributed by atoms with Crippen LogP contribution in [-0.4, -0.2) is 44.0 Å². The maximum atomic E-state index is 11.7. The Labute approximate surface area is 123 Å². The molecule has 8 nitrogen and oxygen atoms in total. The van der Waals surface area contributed by atoms with Gasteiger partial charge in [0, 0.05) is 11.8 Å². The van der Waals surface area contributed by atoms with Crippen molar-refractivity contribution in [1.29, 1.82) is 0 Å². The lowest BCUT2D eigenvalue weighted by Gasteiger charge is -2.27. The van der Waals surface area contributed by atoms with Gasteiger partial charge in [-0.2, -0.15) is 0 Å². The molecule has 0 aromatic rings. The Balaban J connectivity index is 5.36. The number of nitrogens with two attached hydrogens (primary N) is 1. The summed E-state index contributed by atoms with van der Waals surface area (Å²) in [5.41, 5.74) is 5.25. The van der Waals surface area contributed by atoms with Crippen LogP contribution in [0.1, 0.15) is 20.8 Å². The van der Waals surface area contributed by atoms with Crippen LogP contribution in [-0.2, 0) is 28.7 Å². The van der Waals surface area contributed by atoms with Crippen LogP contribution in [0.5, 0.6) is 0 Å². The van der Waals surface area contributed by atoms with E-state index in [4.69, 9.17) is 5.73 Å². The maximum absolute atomic E-state index is 11.7. The molecule has 0 saturated heterocycles. The minimum absolute atomic E-state index is 0.381. The zero-order valence-corrected chi connectivity index (χ0v) is 12.8. The Morgan fingerprint density at radius 1 is 0.952 bits per heavy atom. The molecule has 0 aliphatic rings. The van der Waals surface area contributed by atoms with Gasteiger partial charge in [0.05, 0.1) is 14.2 Å². The van der Waals surface area contributed by atoms with Crippen molar-refractivity contribution in [3.8, 4) is 0 Å². The number of carbonyl (C=O) groups is 4. The molecule has 0 rings (SSSR count). The van der Waals surface area contributed by atoms with Crippen LogP contribution in [0, 0.1) is 17.8 Å². The highest BCUT2D eigenvalue weighted by Gasteiger charge is 2.41. The summed E-state index contributed by atoms with van der Waals surface area (Å²) < 4.78 is 9.07. The number of carbonyl (C=O) groups excluding carboxylic acids is 4. The SMILES string of the molecule is COC(=O)C(C(=O)OC)[C@@H](C)[C@@H](NC(=O)C(C)C)C(N)=O. The molecule has 0 aromatic heterocycles. The first kappa shape index (κ1) is 18.9. The highest BCUT2D eigenvalue weighted by atomic mass is 16.5. The molecule has 0 heterocycles. The number of nitrogens with one attached hydrogen (secondary N) is 1. The minimum atomic E-state index is -1.36. The molecule has 0 fully saturated rings. The molecule has 0 spiro atoms. The normalized spacial score (nSPS) is 13.5. The molecule has 0 saturated carbocycles. The molecule has 0 unspecified atom stereocenters. The number of ether oxygens (including phenoxy) is 2. The van der Waals surface area contributed by atoms with Crippen LogP contribution in [0.3, 0.4) is 0 Å². The monoisotopic (exact) mass is 302 g/mol. The predicted octanol–water partition coefficient (Wildman–Crippen LogP) is -0.789. The van der Waals surface area contributed by atoms with Crippen molar-refractivity contribution < 1.29 is 28.7 Å². The average molecular weight is 302 g/mol. The van der Waals surface area contributed by atoms with Gasteiger partial charge in [-0.25, -0.2) is 0 Å². The Bertz CT molecular complexity index is 405. The number of amides is 2. The number of esters is 2. The third-order valence-electron chi connectivity index (χ3n) is 3.09. The largest absolute Gasteiger partial charge is 0.468 e. The van der Waals surface area contributed by atoms with E-state index < -0.39 is 41.6 Å². The topological polar surface area (TPSA) is 125 Å². The summed E-state index contributed by atoms with van der Waals surface area (Å²) in [6.45, 7) is 4.71. The number of rotatable bonds is 7. The molecule has 0 bridgehead atoms. The van der Waals surface area contributed by atoms with Crippen molar-refractivity contribution in [2.45, 2.75) is 26.8 Å². The highest BCUT2D eigenvalue weighted by molar-refractivity contribution is 5.97. The van der Waals surface area contributed by atoms with Gasteiger partial charge in [-0.15, -0.1) is 0 Å². The lowest BCUT2D eigenvalue weighted by Crippen LogP contribution is -2.53. The van der Waals surface area contributed by atoms with Crippen molar-refractivity contribution >= 4 is 23.8 Å². The number of hydrogen-bond donors (Lipinski definition) is 2. The van der Waals surface area contributed by atoms with E-state index in [-0.39, 0.29) is 5.92 Å². The van der Waals surface area contributed by atoms with Crippen LogP contribution in [0.4, 0.5) is 0 Å². The molecule has 0 aliphatic heterocycles. The summed E-state index contributed by atoms with van der Waals surface area (Å²) >= 11 is 0. The van der Waals surface area contributed by atoms with Gasteiger partial charge in [-0.1, -0.05) is 20.8 Å². The van der Waals surface area contributed by atoms with Crippen molar-refractivity contribution in [2.75, 3.05) is 14.2 Å². The van der Waals surface area contributed by atoms with Crippen LogP contribution in [0.15, 0.2) is 0 Å². The number of primary amides is 1. The highest BCUT2D eigenvalue weighted by Crippen LogP contribution is 2.19. The van der Waals surface area contributed by atoms with Gasteiger partial charge >= 0.3 is 11.9 Å². The van der Waals surface area contributed by atoms with Crippen LogP contribution in [0.2, 0.25) is 0 Å². The fourth-order valence-electron chi connectivity index (χ4n) is 1.75. The first-order valence-electron chi connectivity index (χ1n) is 6.42. The van der Waals surface area contributed by atoms with Crippen LogP contribution >= 0.6 is 0 Å². The molecule has 120 valence electrons. The van der Waals surface area contributed by atoms with Crippen molar-refractivity contribution in [3.05, 3.63) is 0 Å². The quantitative estimate of drug-likeness (QED) is 0.469. The lowest BCUT2D eigenvalue weighted by molar-refractivity contribution is -0.162. The minimum Gasteiger partial charge on any atom is -0.468 e. The predicted molar refractivity (Wildman–Crippen MR) is 72.6 cm³/mol. The van der Waals surface area contributed by atoms with Gasteiger partial charge in [0.25, 0.3) is 0 Å². The first-order valence-corrected chi connectivity index (χ1v) is 6.42. The zero-order chi connectivity index (χ0) is 16.7. The average Bonchev–Trinajstić information content (AvgIpc) is 2.43. The summed E-state index contributed by atoms with van der Waals surface area (Å²) in [5, 5.41) is 2.43. The standard InChI is InChI=1S/C13H22N2O6/c1-6(2)11(17)15-9(10(14)16)7(3)8(12(18)20-4)13(19)21-5/h6-9H,1-5H3,(H2,14,16)(H,15,17)/t7-,9-/m1/s1. The molecule has 3 N–H and O–H groups in total. The summed E-state index contributed by atoms with van der Waals surface area (Å²) in [4.78, 5) is 46.7. The number of hydrogen-bond acceptors (Lipinski definition) is 6. The summed E-state index contributed by atoms with van der Waals surface area (Å²) in [5.74, 6) is -5.64. The van der Waals surface area contributed by atoms with E-state index in [9.17, 15) is 19.2 Å². The third kappa shape index (κ3) is 5.05. The van der Waals surface area contributed by atoms with Crippen LogP contribution in [0.25, 0.3) is 0 Å². The fraction of sp³-hybridized carbons (Fsp3) is 0.692. The third-order valence-corrected chi connectivity index (χ3v) is 3.09. The zero-order valence-electron chi connectivity index (χ0n) is 12.8. The van der Waals surface area contributed by atoms with Gasteiger partial charge in [-0.05, 0) is 0 Å². The van der Waals surface area contributed by atoms with Crippen molar-refractivity contribution in [2.24, 2.45) is 23.5 Å². The van der Waals surface area contributed by atoms with E-state index in [0.717, 1.165) is 14.2 Å². The van der Waals surface area contributed by atoms with Crippen molar-refractivity contribution in [1.82, 2.24) is 5.32 Å². The molecule has 0 radical (unpaired) electrons. The lowest BCUT2D eigenvalue weighted by atomic mass is 9.86. The van der Waals surface area contributed by atoms with Gasteiger partial charge in [0.15, 0.2) is 5.92 Å². The van der Waals surface area contributed by atoms with E-state index in [0.29, 0.717) is 0 Å². The molecular formula is C13H22N2O6. The second kappa shape index (κ2) is 8.23. The van der Waals surface area contributed by atoms with E-state index in [1.165, 1.54) is 6.92 Å². The Kier molecular flexibility index (Phi) is 7.40. The fourth-order valence-corrected chi connectivity index (χ4v) is 1.75. The summed E-state index contributed by atoms with van der Waals surface area (Å²) in [6, 6.07) is -1.19.